The van der Waals surface area contributed by atoms with Crippen LogP contribution in [0.5, 0.6) is 11.6 Å². The molecule has 4 N–H and O–H groups in total. The predicted molar refractivity (Wildman–Crippen MR) is 181 cm³/mol. The van der Waals surface area contributed by atoms with Crippen molar-refractivity contribution < 1.29 is 24.8 Å². The number of nitriles is 1. The average molecular weight is 693 g/mol. The number of methoxy groups -OCH3 is 1. The van der Waals surface area contributed by atoms with Crippen molar-refractivity contribution in [1.29, 1.82) is 5.26 Å². The molecule has 1 saturated heterocycles. The van der Waals surface area contributed by atoms with E-state index in [1.807, 2.05) is 30.3 Å². The molecule has 4 aromatic rings. The fourth-order valence-corrected chi connectivity index (χ4v) is 6.59. The first kappa shape index (κ1) is 33.8. The second-order valence-corrected chi connectivity index (χ2v) is 12.4. The molecule has 2 aromatic heterocycles. The SMILES string of the molecule is COc1nc(-c2cccc(-c3cccc(NC(O)c4cc(OCC#N)c5c(n4)CN(CCO)CC5)c3Cl)c2Cl)cnc1CN1CC(O)C1. The number of hydrogen-bond donors (Lipinski definition) is 4. The lowest BCUT2D eigenvalue weighted by Gasteiger charge is -2.35. The molecule has 0 bridgehead atoms. The first-order chi connectivity index (χ1) is 23.3. The minimum atomic E-state index is -1.26. The van der Waals surface area contributed by atoms with Gasteiger partial charge >= 0.3 is 0 Å². The van der Waals surface area contributed by atoms with Gasteiger partial charge in [-0.1, -0.05) is 53.5 Å². The van der Waals surface area contributed by atoms with Crippen molar-refractivity contribution >= 4 is 28.9 Å². The normalized spacial score (nSPS) is 15.7. The van der Waals surface area contributed by atoms with E-state index in [0.717, 1.165) is 17.8 Å². The van der Waals surface area contributed by atoms with Gasteiger partial charge in [0.2, 0.25) is 5.88 Å². The van der Waals surface area contributed by atoms with E-state index in [1.54, 1.807) is 31.5 Å². The summed E-state index contributed by atoms with van der Waals surface area (Å²) < 4.78 is 11.3. The Hall–Kier alpha value is -4.06. The van der Waals surface area contributed by atoms with Crippen molar-refractivity contribution in [2.75, 3.05) is 51.8 Å². The van der Waals surface area contributed by atoms with Crippen molar-refractivity contribution in [3.8, 4) is 40.1 Å². The van der Waals surface area contributed by atoms with Crippen LogP contribution in [0, 0.1) is 11.3 Å². The fraction of sp³-hybridized carbons (Fsp3) is 0.353. The number of aliphatic hydroxyl groups is 3. The molecular weight excluding hydrogens is 657 g/mol. The Morgan fingerprint density at radius 2 is 1.83 bits per heavy atom. The van der Waals surface area contributed by atoms with Gasteiger partial charge < -0.3 is 30.1 Å². The fourth-order valence-electron chi connectivity index (χ4n) is 5.98. The molecule has 0 amide bonds. The zero-order valence-corrected chi connectivity index (χ0v) is 27.7. The number of halogens is 2. The summed E-state index contributed by atoms with van der Waals surface area (Å²) in [6, 6.07) is 14.6. The number of β-amino-alcohol motifs (C(OH)–C–C–N with tert-alkyl or cyclic N) is 2. The zero-order valence-electron chi connectivity index (χ0n) is 26.2. The van der Waals surface area contributed by atoms with Gasteiger partial charge in [0.25, 0.3) is 0 Å². The van der Waals surface area contributed by atoms with E-state index in [9.17, 15) is 15.3 Å². The lowest BCUT2D eigenvalue weighted by Crippen LogP contribution is -2.50. The van der Waals surface area contributed by atoms with Gasteiger partial charge in [-0.15, -0.1) is 0 Å². The first-order valence-corrected chi connectivity index (χ1v) is 16.2. The molecule has 2 aliphatic rings. The number of hydrogen-bond acceptors (Lipinski definition) is 12. The van der Waals surface area contributed by atoms with Crippen LogP contribution in [0.15, 0.2) is 48.7 Å². The van der Waals surface area contributed by atoms with Crippen LogP contribution >= 0.6 is 23.2 Å². The second kappa shape index (κ2) is 15.0. The molecule has 250 valence electrons. The van der Waals surface area contributed by atoms with Crippen LogP contribution in [0.3, 0.4) is 0 Å². The number of anilines is 1. The Labute approximate surface area is 288 Å². The number of nitrogens with one attached hydrogen (secondary N) is 1. The third-order valence-corrected chi connectivity index (χ3v) is 9.22. The molecule has 4 heterocycles. The molecular formula is C34H35Cl2N7O5. The number of ether oxygens (including phenoxy) is 2. The Balaban J connectivity index is 1.26. The summed E-state index contributed by atoms with van der Waals surface area (Å²) in [4.78, 5) is 18.1. The van der Waals surface area contributed by atoms with Crippen LogP contribution in [0.1, 0.15) is 28.9 Å². The van der Waals surface area contributed by atoms with Gasteiger partial charge in [0.15, 0.2) is 12.8 Å². The molecule has 12 nitrogen and oxygen atoms in total. The van der Waals surface area contributed by atoms with Gasteiger partial charge in [-0.3, -0.25) is 19.8 Å². The molecule has 1 unspecified atom stereocenters. The number of aromatic nitrogens is 3. The largest absolute Gasteiger partial charge is 0.480 e. The maximum absolute atomic E-state index is 11.3. The van der Waals surface area contributed by atoms with Gasteiger partial charge in [0, 0.05) is 67.6 Å². The number of benzene rings is 2. The summed E-state index contributed by atoms with van der Waals surface area (Å²) in [5.41, 5.74) is 5.47. The standard InChI is InChI=1S/C34H35Cl2N7O5/c1-47-34-29(19-43-16-20(45)17-43)38-15-27(41-34)24-6-2-4-21(31(24)35)22-5-3-7-25(32(22)36)40-33(46)26-14-30(48-13-9-37)23-8-10-42(11-12-44)18-28(23)39-26/h2-7,14-15,20,33,40,44-46H,8,10-13,16-19H2,1H3. The van der Waals surface area contributed by atoms with E-state index in [1.165, 1.54) is 0 Å². The predicted octanol–water partition coefficient (Wildman–Crippen LogP) is 4.05. The van der Waals surface area contributed by atoms with Crippen LogP contribution in [0.2, 0.25) is 10.0 Å². The molecule has 2 aromatic carbocycles. The number of rotatable bonds is 12. The van der Waals surface area contributed by atoms with E-state index >= 15 is 0 Å². The Kier molecular flexibility index (Phi) is 10.6. The highest BCUT2D eigenvalue weighted by atomic mass is 35.5. The van der Waals surface area contributed by atoms with Crippen LogP contribution in [0.25, 0.3) is 22.4 Å². The van der Waals surface area contributed by atoms with Crippen LogP contribution in [-0.4, -0.2) is 92.7 Å². The Morgan fingerprint density at radius 1 is 1.08 bits per heavy atom. The van der Waals surface area contributed by atoms with Crippen molar-refractivity contribution in [3.05, 3.63) is 81.4 Å². The van der Waals surface area contributed by atoms with E-state index in [-0.39, 0.29) is 19.3 Å². The summed E-state index contributed by atoms with van der Waals surface area (Å²) >= 11 is 13.9. The average Bonchev–Trinajstić information content (AvgIpc) is 3.07. The third kappa shape index (κ3) is 7.18. The maximum Gasteiger partial charge on any atom is 0.237 e. The van der Waals surface area contributed by atoms with E-state index in [4.69, 9.17) is 42.9 Å². The van der Waals surface area contributed by atoms with Gasteiger partial charge in [0.1, 0.15) is 17.5 Å². The lowest BCUT2D eigenvalue weighted by molar-refractivity contribution is -0.00403. The highest BCUT2D eigenvalue weighted by Crippen LogP contribution is 2.42. The summed E-state index contributed by atoms with van der Waals surface area (Å²) in [7, 11) is 1.54. The second-order valence-electron chi connectivity index (χ2n) is 11.6. The molecule has 1 atom stereocenters. The molecule has 2 aliphatic heterocycles. The summed E-state index contributed by atoms with van der Waals surface area (Å²) in [6.07, 6.45) is 0.717. The molecule has 14 heteroatoms. The Bertz CT molecular complexity index is 1830. The van der Waals surface area contributed by atoms with Crippen LogP contribution < -0.4 is 14.8 Å². The van der Waals surface area contributed by atoms with Crippen LogP contribution in [-0.2, 0) is 19.5 Å². The summed E-state index contributed by atoms with van der Waals surface area (Å²) in [5, 5.41) is 43.3. The van der Waals surface area contributed by atoms with Crippen molar-refractivity contribution in [1.82, 2.24) is 24.8 Å². The van der Waals surface area contributed by atoms with Gasteiger partial charge in [-0.05, 0) is 12.5 Å². The first-order valence-electron chi connectivity index (χ1n) is 15.5. The number of likely N-dealkylation sites (tertiary alicyclic amines) is 1. The van der Waals surface area contributed by atoms with Gasteiger partial charge in [-0.25, -0.2) is 4.98 Å². The smallest absolute Gasteiger partial charge is 0.237 e. The zero-order chi connectivity index (χ0) is 33.8. The molecule has 0 spiro atoms. The number of nitrogens with zero attached hydrogens (tertiary/aromatic N) is 6. The van der Waals surface area contributed by atoms with Crippen molar-refractivity contribution in [2.24, 2.45) is 0 Å². The quantitative estimate of drug-likeness (QED) is 0.158. The summed E-state index contributed by atoms with van der Waals surface area (Å²) in [5.74, 6) is 0.878. The van der Waals surface area contributed by atoms with E-state index < -0.39 is 6.23 Å². The molecule has 48 heavy (non-hydrogen) atoms. The van der Waals surface area contributed by atoms with Crippen molar-refractivity contribution in [3.63, 3.8) is 0 Å². The molecule has 6 rings (SSSR count). The van der Waals surface area contributed by atoms with Gasteiger partial charge in [0.05, 0.1) is 58.8 Å². The summed E-state index contributed by atoms with van der Waals surface area (Å²) in [6.45, 7) is 3.27. The van der Waals surface area contributed by atoms with Crippen LogP contribution in [0.4, 0.5) is 5.69 Å². The van der Waals surface area contributed by atoms with E-state index in [0.29, 0.717) is 100 Å². The lowest BCUT2D eigenvalue weighted by atomic mass is 10.0. The molecule has 1 fully saturated rings. The number of aliphatic hydroxyl groups excluding tert-OH is 3. The molecule has 0 aliphatic carbocycles. The van der Waals surface area contributed by atoms with E-state index in [2.05, 4.69) is 25.1 Å². The Morgan fingerprint density at radius 3 is 2.56 bits per heavy atom. The monoisotopic (exact) mass is 691 g/mol. The number of fused-ring (bicyclic) bond motifs is 1. The highest BCUT2D eigenvalue weighted by molar-refractivity contribution is 6.39. The third-order valence-electron chi connectivity index (χ3n) is 8.40. The molecule has 0 radical (unpaired) electrons. The highest BCUT2D eigenvalue weighted by Gasteiger charge is 2.27. The van der Waals surface area contributed by atoms with Crippen molar-refractivity contribution in [2.45, 2.75) is 31.8 Å². The molecule has 0 saturated carbocycles. The van der Waals surface area contributed by atoms with Gasteiger partial charge in [-0.2, -0.15) is 5.26 Å². The topological polar surface area (TPSA) is 160 Å². The minimum Gasteiger partial charge on any atom is -0.480 e. The maximum atomic E-state index is 11.3. The minimum absolute atomic E-state index is 0.0257. The number of pyridine rings is 1.